The lowest BCUT2D eigenvalue weighted by Crippen LogP contribution is -2.34. The lowest BCUT2D eigenvalue weighted by Gasteiger charge is -2.16. The number of nitrogens with one attached hydrogen (secondary N) is 3. The summed E-state index contributed by atoms with van der Waals surface area (Å²) in [5, 5.41) is 8.57. The highest BCUT2D eigenvalue weighted by molar-refractivity contribution is 5.94. The van der Waals surface area contributed by atoms with Crippen molar-refractivity contribution in [3.63, 3.8) is 0 Å². The number of carbonyl (C=O) groups excluding carboxylic acids is 2. The molecule has 10 nitrogen and oxygen atoms in total. The number of carbonyl (C=O) groups is 2. The highest BCUT2D eigenvalue weighted by atomic mass is 16.5. The number of aromatic nitrogens is 3. The zero-order valence-corrected chi connectivity index (χ0v) is 16.0. The van der Waals surface area contributed by atoms with Gasteiger partial charge in [0.05, 0.1) is 13.2 Å². The van der Waals surface area contributed by atoms with Crippen molar-refractivity contribution in [2.75, 3.05) is 25.1 Å². The Bertz CT molecular complexity index is 1010. The lowest BCUT2D eigenvalue weighted by atomic mass is 10.1. The summed E-state index contributed by atoms with van der Waals surface area (Å²) in [5.74, 6) is -0.256. The fraction of sp³-hybridized carbons (Fsp3) is 0.421. The molecule has 1 aliphatic heterocycles. The predicted octanol–water partition coefficient (Wildman–Crippen LogP) is 0.343. The van der Waals surface area contributed by atoms with Gasteiger partial charge in [-0.2, -0.15) is 0 Å². The molecule has 0 bridgehead atoms. The minimum atomic E-state index is -0.367. The summed E-state index contributed by atoms with van der Waals surface area (Å²) in [6, 6.07) is 3.32. The second-order valence-corrected chi connectivity index (χ2v) is 7.08. The highest BCUT2D eigenvalue weighted by Gasteiger charge is 2.25. The van der Waals surface area contributed by atoms with Gasteiger partial charge in [0.15, 0.2) is 0 Å². The minimum absolute atomic E-state index is 0.215. The quantitative estimate of drug-likeness (QED) is 0.678. The molecule has 0 saturated heterocycles. The normalized spacial score (nSPS) is 16.7. The smallest absolute Gasteiger partial charge is 0.274 e. The summed E-state index contributed by atoms with van der Waals surface area (Å²) < 4.78 is 6.83. The molecule has 29 heavy (non-hydrogen) atoms. The third kappa shape index (κ3) is 4.27. The largest absolute Gasteiger partial charge is 0.378 e. The van der Waals surface area contributed by atoms with Crippen LogP contribution in [-0.2, 0) is 11.3 Å². The Hall–Kier alpha value is -3.27. The van der Waals surface area contributed by atoms with Crippen molar-refractivity contribution < 1.29 is 14.3 Å². The zero-order valence-electron chi connectivity index (χ0n) is 16.0. The molecular formula is C19H22N6O4. The SMILES string of the molecule is Cc1cc(Nc2cc(C(=O)NC3CC3)ncn2)c(=O)n2c1C(=O)NCCOCC2. The standard InChI is InChI=1S/C19H22N6O4/c1-11-8-14(19(28)25-5-7-29-6-4-20-18(27)16(11)25)24-15-9-13(21-10-22-15)17(26)23-12-2-3-12/h8-10,12H,2-7H2,1H3,(H,20,27)(H,23,26)(H,21,22,24). The van der Waals surface area contributed by atoms with Crippen LogP contribution in [0.1, 0.15) is 39.4 Å². The average molecular weight is 398 g/mol. The first-order valence-electron chi connectivity index (χ1n) is 9.53. The summed E-state index contributed by atoms with van der Waals surface area (Å²) in [6.45, 7) is 3.13. The Morgan fingerprint density at radius 2 is 2.07 bits per heavy atom. The van der Waals surface area contributed by atoms with Gasteiger partial charge >= 0.3 is 0 Å². The molecule has 4 rings (SSSR count). The molecule has 1 aliphatic carbocycles. The van der Waals surface area contributed by atoms with Crippen molar-refractivity contribution >= 4 is 23.3 Å². The number of pyridine rings is 1. The average Bonchev–Trinajstić information content (AvgIpc) is 3.50. The molecule has 1 fully saturated rings. The Balaban J connectivity index is 1.64. The van der Waals surface area contributed by atoms with Crippen LogP contribution in [-0.4, -0.2) is 52.1 Å². The van der Waals surface area contributed by atoms with Gasteiger partial charge in [-0.05, 0) is 31.4 Å². The number of nitrogens with zero attached hydrogens (tertiary/aromatic N) is 3. The summed E-state index contributed by atoms with van der Waals surface area (Å²) in [6.07, 6.45) is 3.22. The van der Waals surface area contributed by atoms with E-state index in [9.17, 15) is 14.4 Å². The maximum Gasteiger partial charge on any atom is 0.274 e. The summed E-state index contributed by atoms with van der Waals surface area (Å²) in [7, 11) is 0. The van der Waals surface area contributed by atoms with Crippen LogP contribution in [0, 0.1) is 6.92 Å². The molecule has 3 N–H and O–H groups in total. The van der Waals surface area contributed by atoms with Gasteiger partial charge in [-0.25, -0.2) is 9.97 Å². The fourth-order valence-electron chi connectivity index (χ4n) is 3.16. The van der Waals surface area contributed by atoms with Crippen LogP contribution in [0.3, 0.4) is 0 Å². The number of fused-ring (bicyclic) bond motifs is 1. The topological polar surface area (TPSA) is 127 Å². The van der Waals surface area contributed by atoms with Crippen LogP contribution in [0.4, 0.5) is 11.5 Å². The zero-order chi connectivity index (χ0) is 20.4. The lowest BCUT2D eigenvalue weighted by molar-refractivity contribution is 0.0925. The molecule has 0 aromatic carbocycles. The first-order valence-corrected chi connectivity index (χ1v) is 9.53. The van der Waals surface area contributed by atoms with Crippen molar-refractivity contribution in [3.05, 3.63) is 45.8 Å². The third-order valence-corrected chi connectivity index (χ3v) is 4.76. The van der Waals surface area contributed by atoms with Crippen LogP contribution < -0.4 is 21.5 Å². The first kappa shape index (κ1) is 19.1. The molecule has 2 aromatic heterocycles. The molecule has 0 radical (unpaired) electrons. The summed E-state index contributed by atoms with van der Waals surface area (Å²) in [5.41, 5.74) is 1.08. The molecule has 152 valence electrons. The van der Waals surface area contributed by atoms with Gasteiger partial charge in [-0.1, -0.05) is 0 Å². The molecule has 3 heterocycles. The third-order valence-electron chi connectivity index (χ3n) is 4.76. The van der Waals surface area contributed by atoms with Crippen LogP contribution in [0.2, 0.25) is 0 Å². The first-order chi connectivity index (χ1) is 14.0. The van der Waals surface area contributed by atoms with E-state index in [1.165, 1.54) is 17.0 Å². The predicted molar refractivity (Wildman–Crippen MR) is 104 cm³/mol. The Kier molecular flexibility index (Phi) is 5.26. The van der Waals surface area contributed by atoms with Gasteiger partial charge in [0.1, 0.15) is 29.2 Å². The number of amides is 2. The molecule has 2 aliphatic rings. The Labute approximate surface area is 166 Å². The van der Waals surface area contributed by atoms with E-state index in [1.807, 2.05) is 0 Å². The fourth-order valence-corrected chi connectivity index (χ4v) is 3.16. The highest BCUT2D eigenvalue weighted by Crippen LogP contribution is 2.20. The van der Waals surface area contributed by atoms with E-state index in [2.05, 4.69) is 25.9 Å². The van der Waals surface area contributed by atoms with Crippen LogP contribution >= 0.6 is 0 Å². The number of ether oxygens (including phenoxy) is 1. The van der Waals surface area contributed by atoms with Crippen molar-refractivity contribution in [1.29, 1.82) is 0 Å². The van der Waals surface area contributed by atoms with Crippen LogP contribution in [0.15, 0.2) is 23.3 Å². The summed E-state index contributed by atoms with van der Waals surface area (Å²) in [4.78, 5) is 45.8. The molecule has 2 amide bonds. The Morgan fingerprint density at radius 1 is 1.24 bits per heavy atom. The second-order valence-electron chi connectivity index (χ2n) is 7.08. The molecule has 0 atom stereocenters. The maximum absolute atomic E-state index is 13.0. The molecule has 10 heteroatoms. The van der Waals surface area contributed by atoms with E-state index in [4.69, 9.17) is 4.74 Å². The maximum atomic E-state index is 13.0. The molecule has 2 aromatic rings. The molecule has 0 unspecified atom stereocenters. The van der Waals surface area contributed by atoms with Gasteiger partial charge in [-0.3, -0.25) is 19.0 Å². The van der Waals surface area contributed by atoms with Gasteiger partial charge in [-0.15, -0.1) is 0 Å². The van der Waals surface area contributed by atoms with Crippen molar-refractivity contribution in [1.82, 2.24) is 25.2 Å². The molecular weight excluding hydrogens is 376 g/mol. The van der Waals surface area contributed by atoms with Gasteiger partial charge in [0, 0.05) is 25.2 Å². The van der Waals surface area contributed by atoms with Crippen LogP contribution in [0.5, 0.6) is 0 Å². The molecule has 0 spiro atoms. The van der Waals surface area contributed by atoms with E-state index in [1.54, 1.807) is 13.0 Å². The Morgan fingerprint density at radius 3 is 2.86 bits per heavy atom. The van der Waals surface area contributed by atoms with Crippen LogP contribution in [0.25, 0.3) is 0 Å². The number of hydrogen-bond acceptors (Lipinski definition) is 7. The minimum Gasteiger partial charge on any atom is -0.378 e. The van der Waals surface area contributed by atoms with Crippen molar-refractivity contribution in [3.8, 4) is 0 Å². The number of rotatable bonds is 4. The van der Waals surface area contributed by atoms with Gasteiger partial charge in [0.2, 0.25) is 0 Å². The van der Waals surface area contributed by atoms with E-state index in [-0.39, 0.29) is 41.3 Å². The molecule has 1 saturated carbocycles. The number of hydrogen-bond donors (Lipinski definition) is 3. The van der Waals surface area contributed by atoms with Crippen molar-refractivity contribution in [2.24, 2.45) is 0 Å². The van der Waals surface area contributed by atoms with Gasteiger partial charge < -0.3 is 20.7 Å². The van der Waals surface area contributed by atoms with E-state index < -0.39 is 0 Å². The number of aryl methyl sites for hydroxylation is 1. The monoisotopic (exact) mass is 398 g/mol. The number of anilines is 2. The van der Waals surface area contributed by atoms with E-state index >= 15 is 0 Å². The van der Waals surface area contributed by atoms with E-state index in [0.29, 0.717) is 36.8 Å². The van der Waals surface area contributed by atoms with E-state index in [0.717, 1.165) is 12.8 Å². The summed E-state index contributed by atoms with van der Waals surface area (Å²) >= 11 is 0. The van der Waals surface area contributed by atoms with Gasteiger partial charge in [0.25, 0.3) is 17.4 Å². The van der Waals surface area contributed by atoms with Crippen molar-refractivity contribution in [2.45, 2.75) is 32.4 Å². The second kappa shape index (κ2) is 8.00.